The molecule has 98 valence electrons. The van der Waals surface area contributed by atoms with E-state index < -0.39 is 11.8 Å². The zero-order valence-electron chi connectivity index (χ0n) is 10.4. The van der Waals surface area contributed by atoms with Crippen LogP contribution >= 0.6 is 0 Å². The number of benzene rings is 1. The second kappa shape index (κ2) is 5.38. The molecule has 0 amide bonds. The van der Waals surface area contributed by atoms with Gasteiger partial charge in [-0.1, -0.05) is 13.3 Å². The number of nitrogens with one attached hydrogen (secondary N) is 1. The Morgan fingerprint density at radius 1 is 1.50 bits per heavy atom. The number of halogens is 1. The highest BCUT2D eigenvalue weighted by atomic mass is 19.1. The zero-order chi connectivity index (χ0) is 13.1. The van der Waals surface area contributed by atoms with Crippen molar-refractivity contribution in [2.45, 2.75) is 26.2 Å². The van der Waals surface area contributed by atoms with Gasteiger partial charge in [-0.2, -0.15) is 0 Å². The summed E-state index contributed by atoms with van der Waals surface area (Å²) in [4.78, 5) is 10.7. The number of hydrogen-bond acceptors (Lipinski definition) is 2. The van der Waals surface area contributed by atoms with E-state index in [4.69, 9.17) is 5.11 Å². The molecular formula is C14H18FNO2. The highest BCUT2D eigenvalue weighted by molar-refractivity contribution is 5.88. The van der Waals surface area contributed by atoms with E-state index in [2.05, 4.69) is 12.2 Å². The molecule has 2 rings (SSSR count). The zero-order valence-corrected chi connectivity index (χ0v) is 10.4. The molecule has 0 radical (unpaired) electrons. The van der Waals surface area contributed by atoms with Gasteiger partial charge in [0.2, 0.25) is 0 Å². The number of carboxylic acid groups (broad SMARTS) is 1. The van der Waals surface area contributed by atoms with Crippen molar-refractivity contribution in [2.75, 3.05) is 11.9 Å². The summed E-state index contributed by atoms with van der Waals surface area (Å²) < 4.78 is 13.6. The minimum atomic E-state index is -1.11. The monoisotopic (exact) mass is 251 g/mol. The third-order valence-corrected chi connectivity index (χ3v) is 3.60. The van der Waals surface area contributed by atoms with E-state index in [0.717, 1.165) is 18.5 Å². The van der Waals surface area contributed by atoms with Crippen LogP contribution in [0.5, 0.6) is 0 Å². The van der Waals surface area contributed by atoms with Crippen molar-refractivity contribution < 1.29 is 14.3 Å². The lowest BCUT2D eigenvalue weighted by atomic mass is 10.1. The van der Waals surface area contributed by atoms with Gasteiger partial charge in [-0.25, -0.2) is 9.18 Å². The number of hydrogen-bond donors (Lipinski definition) is 2. The minimum Gasteiger partial charge on any atom is -0.478 e. The average molecular weight is 251 g/mol. The number of carbonyl (C=O) groups is 1. The van der Waals surface area contributed by atoms with Crippen molar-refractivity contribution in [3.63, 3.8) is 0 Å². The number of anilines is 1. The molecular weight excluding hydrogens is 233 g/mol. The van der Waals surface area contributed by atoms with E-state index in [9.17, 15) is 9.18 Å². The Morgan fingerprint density at radius 3 is 2.83 bits per heavy atom. The molecule has 0 bridgehead atoms. The number of carboxylic acids is 1. The Hall–Kier alpha value is -1.58. The molecule has 4 heteroatoms. The summed E-state index contributed by atoms with van der Waals surface area (Å²) >= 11 is 0. The lowest BCUT2D eigenvalue weighted by Gasteiger charge is -2.13. The Balaban J connectivity index is 1.95. The van der Waals surface area contributed by atoms with Crippen LogP contribution in [-0.2, 0) is 0 Å². The van der Waals surface area contributed by atoms with Crippen molar-refractivity contribution in [3.8, 4) is 0 Å². The molecule has 0 spiro atoms. The maximum atomic E-state index is 13.6. The van der Waals surface area contributed by atoms with Crippen LogP contribution in [0.3, 0.4) is 0 Å². The van der Waals surface area contributed by atoms with E-state index in [0.29, 0.717) is 11.6 Å². The van der Waals surface area contributed by atoms with Crippen LogP contribution in [0.25, 0.3) is 0 Å². The first-order valence-corrected chi connectivity index (χ1v) is 6.33. The molecule has 1 aliphatic rings. The second-order valence-electron chi connectivity index (χ2n) is 5.16. The van der Waals surface area contributed by atoms with Crippen LogP contribution in [0.15, 0.2) is 18.2 Å². The standard InChI is InChI=1S/C14H18FNO2/c1-9-2-3-10(6-9)8-16-13-5-4-11(14(17)18)7-12(13)15/h4-5,7,9-10,16H,2-3,6,8H2,1H3,(H,17,18). The van der Waals surface area contributed by atoms with Crippen LogP contribution in [0.4, 0.5) is 10.1 Å². The first kappa shape index (κ1) is 12.9. The second-order valence-corrected chi connectivity index (χ2v) is 5.16. The van der Waals surface area contributed by atoms with Crippen LogP contribution in [0.1, 0.15) is 36.5 Å². The van der Waals surface area contributed by atoms with Gasteiger partial charge >= 0.3 is 5.97 Å². The lowest BCUT2D eigenvalue weighted by Crippen LogP contribution is -2.12. The SMILES string of the molecule is CC1CCC(CNc2ccc(C(=O)O)cc2F)C1. The molecule has 0 heterocycles. The van der Waals surface area contributed by atoms with Gasteiger partial charge < -0.3 is 10.4 Å². The Kier molecular flexibility index (Phi) is 3.84. The molecule has 1 aromatic rings. The smallest absolute Gasteiger partial charge is 0.335 e. The first-order valence-electron chi connectivity index (χ1n) is 6.33. The van der Waals surface area contributed by atoms with Gasteiger partial charge in [0.15, 0.2) is 0 Å². The molecule has 18 heavy (non-hydrogen) atoms. The molecule has 2 unspecified atom stereocenters. The van der Waals surface area contributed by atoms with Crippen molar-refractivity contribution in [2.24, 2.45) is 11.8 Å². The van der Waals surface area contributed by atoms with Crippen LogP contribution in [0.2, 0.25) is 0 Å². The van der Waals surface area contributed by atoms with Crippen molar-refractivity contribution in [3.05, 3.63) is 29.6 Å². The van der Waals surface area contributed by atoms with E-state index in [-0.39, 0.29) is 5.56 Å². The Morgan fingerprint density at radius 2 is 2.28 bits per heavy atom. The van der Waals surface area contributed by atoms with Crippen molar-refractivity contribution in [1.82, 2.24) is 0 Å². The summed E-state index contributed by atoms with van der Waals surface area (Å²) in [6.45, 7) is 3.00. The van der Waals surface area contributed by atoms with Gasteiger partial charge in [-0.15, -0.1) is 0 Å². The Bertz CT molecular complexity index is 447. The molecule has 0 saturated heterocycles. The van der Waals surface area contributed by atoms with Crippen molar-refractivity contribution in [1.29, 1.82) is 0 Å². The fourth-order valence-corrected chi connectivity index (χ4v) is 2.56. The van der Waals surface area contributed by atoms with Crippen LogP contribution in [-0.4, -0.2) is 17.6 Å². The summed E-state index contributed by atoms with van der Waals surface area (Å²) in [6.07, 6.45) is 3.61. The molecule has 0 aliphatic heterocycles. The molecule has 1 saturated carbocycles. The topological polar surface area (TPSA) is 49.3 Å². The van der Waals surface area contributed by atoms with Gasteiger partial charge in [0.25, 0.3) is 0 Å². The normalized spacial score (nSPS) is 23.0. The molecule has 3 nitrogen and oxygen atoms in total. The third-order valence-electron chi connectivity index (χ3n) is 3.60. The molecule has 1 fully saturated rings. The molecule has 1 aliphatic carbocycles. The van der Waals surface area contributed by atoms with E-state index in [1.807, 2.05) is 0 Å². The molecule has 2 N–H and O–H groups in total. The van der Waals surface area contributed by atoms with Crippen LogP contribution in [0, 0.1) is 17.7 Å². The van der Waals surface area contributed by atoms with E-state index in [1.165, 1.54) is 31.4 Å². The number of rotatable bonds is 4. The molecule has 0 aromatic heterocycles. The molecule has 2 atom stereocenters. The predicted octanol–water partition coefficient (Wildman–Crippen LogP) is 3.37. The maximum Gasteiger partial charge on any atom is 0.335 e. The minimum absolute atomic E-state index is 0.0208. The van der Waals surface area contributed by atoms with Gasteiger partial charge in [0.05, 0.1) is 11.3 Å². The number of aromatic carboxylic acids is 1. The quantitative estimate of drug-likeness (QED) is 0.862. The maximum absolute atomic E-state index is 13.6. The summed E-state index contributed by atoms with van der Waals surface area (Å²) in [5.41, 5.74) is 0.368. The predicted molar refractivity (Wildman–Crippen MR) is 68.4 cm³/mol. The molecule has 1 aromatic carbocycles. The highest BCUT2D eigenvalue weighted by Crippen LogP contribution is 2.30. The van der Waals surface area contributed by atoms with Gasteiger partial charge in [0.1, 0.15) is 5.82 Å². The summed E-state index contributed by atoms with van der Waals surface area (Å²) in [6, 6.07) is 3.98. The van der Waals surface area contributed by atoms with E-state index >= 15 is 0 Å². The first-order chi connectivity index (χ1) is 8.56. The Labute approximate surface area is 106 Å². The average Bonchev–Trinajstić information content (AvgIpc) is 2.73. The van der Waals surface area contributed by atoms with Crippen molar-refractivity contribution >= 4 is 11.7 Å². The van der Waals surface area contributed by atoms with Gasteiger partial charge in [-0.05, 0) is 42.9 Å². The summed E-state index contributed by atoms with van der Waals surface area (Å²) in [7, 11) is 0. The van der Waals surface area contributed by atoms with Gasteiger partial charge in [-0.3, -0.25) is 0 Å². The largest absolute Gasteiger partial charge is 0.478 e. The highest BCUT2D eigenvalue weighted by Gasteiger charge is 2.21. The van der Waals surface area contributed by atoms with Crippen LogP contribution < -0.4 is 5.32 Å². The van der Waals surface area contributed by atoms with Gasteiger partial charge in [0, 0.05) is 6.54 Å². The fourth-order valence-electron chi connectivity index (χ4n) is 2.56. The summed E-state index contributed by atoms with van der Waals surface area (Å²) in [5.74, 6) is -0.249. The van der Waals surface area contributed by atoms with E-state index in [1.54, 1.807) is 0 Å². The lowest BCUT2D eigenvalue weighted by molar-refractivity contribution is 0.0696. The summed E-state index contributed by atoms with van der Waals surface area (Å²) in [5, 5.41) is 11.8. The third kappa shape index (κ3) is 3.00. The fraction of sp³-hybridized carbons (Fsp3) is 0.500.